The molecule has 4 heteroatoms. The van der Waals surface area contributed by atoms with E-state index >= 15 is 0 Å². The zero-order valence-electron chi connectivity index (χ0n) is 10.5. The average Bonchev–Trinajstić information content (AvgIpc) is 2.61. The van der Waals surface area contributed by atoms with Crippen LogP contribution in [0.5, 0.6) is 0 Å². The Balaban J connectivity index is 2.00. The van der Waals surface area contributed by atoms with Gasteiger partial charge in [-0.3, -0.25) is 0 Å². The Morgan fingerprint density at radius 1 is 1.38 bits per heavy atom. The van der Waals surface area contributed by atoms with Crippen molar-refractivity contribution in [1.82, 2.24) is 10.2 Å². The van der Waals surface area contributed by atoms with E-state index in [-0.39, 0.29) is 6.09 Å². The largest absolute Gasteiger partial charge is 0.444 e. The molecule has 0 aromatic rings. The Labute approximate surface area is 97.3 Å². The lowest BCUT2D eigenvalue weighted by Gasteiger charge is -2.38. The molecule has 2 unspecified atom stereocenters. The van der Waals surface area contributed by atoms with Crippen molar-refractivity contribution < 1.29 is 9.53 Å². The molecule has 0 aliphatic carbocycles. The first-order valence-electron chi connectivity index (χ1n) is 6.20. The summed E-state index contributed by atoms with van der Waals surface area (Å²) in [5.74, 6) is 0. The van der Waals surface area contributed by atoms with E-state index in [2.05, 4.69) is 5.32 Å². The fourth-order valence-electron chi connectivity index (χ4n) is 2.62. The first-order valence-corrected chi connectivity index (χ1v) is 6.20. The molecule has 92 valence electrons. The van der Waals surface area contributed by atoms with Gasteiger partial charge >= 0.3 is 6.09 Å². The van der Waals surface area contributed by atoms with Crippen molar-refractivity contribution in [1.29, 1.82) is 0 Å². The molecule has 2 saturated heterocycles. The van der Waals surface area contributed by atoms with E-state index in [9.17, 15) is 4.79 Å². The topological polar surface area (TPSA) is 41.6 Å². The van der Waals surface area contributed by atoms with Gasteiger partial charge in [0.15, 0.2) is 0 Å². The van der Waals surface area contributed by atoms with Gasteiger partial charge in [0.25, 0.3) is 0 Å². The lowest BCUT2D eigenvalue weighted by molar-refractivity contribution is 0.00884. The molecule has 1 N–H and O–H groups in total. The Bertz CT molecular complexity index is 273. The van der Waals surface area contributed by atoms with Gasteiger partial charge in [0.1, 0.15) is 5.60 Å². The number of likely N-dealkylation sites (tertiary alicyclic amines) is 1. The van der Waals surface area contributed by atoms with Crippen LogP contribution >= 0.6 is 0 Å². The van der Waals surface area contributed by atoms with E-state index < -0.39 is 5.60 Å². The van der Waals surface area contributed by atoms with E-state index in [0.717, 1.165) is 25.9 Å². The second kappa shape index (κ2) is 4.24. The average molecular weight is 226 g/mol. The number of nitrogens with zero attached hydrogens (tertiary/aromatic N) is 1. The second-order valence-electron chi connectivity index (χ2n) is 5.73. The molecule has 4 nitrogen and oxygen atoms in total. The summed E-state index contributed by atoms with van der Waals surface area (Å²) >= 11 is 0. The number of carbonyl (C=O) groups excluding carboxylic acids is 1. The highest BCUT2D eigenvalue weighted by molar-refractivity contribution is 5.69. The van der Waals surface area contributed by atoms with Gasteiger partial charge in [-0.2, -0.15) is 0 Å². The lowest BCUT2D eigenvalue weighted by Crippen LogP contribution is -2.52. The number of rotatable bonds is 0. The van der Waals surface area contributed by atoms with Crippen LogP contribution in [0, 0.1) is 0 Å². The summed E-state index contributed by atoms with van der Waals surface area (Å²) in [7, 11) is 0. The van der Waals surface area contributed by atoms with Crippen LogP contribution in [0.4, 0.5) is 4.79 Å². The minimum absolute atomic E-state index is 0.147. The number of amides is 1. The van der Waals surface area contributed by atoms with Gasteiger partial charge in [-0.25, -0.2) is 4.79 Å². The van der Waals surface area contributed by atoms with E-state index in [0.29, 0.717) is 12.1 Å². The minimum atomic E-state index is -0.393. The monoisotopic (exact) mass is 226 g/mol. The molecule has 2 aliphatic rings. The van der Waals surface area contributed by atoms with Crippen molar-refractivity contribution in [3.63, 3.8) is 0 Å². The smallest absolute Gasteiger partial charge is 0.410 e. The molecule has 0 radical (unpaired) electrons. The maximum Gasteiger partial charge on any atom is 0.410 e. The van der Waals surface area contributed by atoms with Crippen LogP contribution in [0.2, 0.25) is 0 Å². The quantitative estimate of drug-likeness (QED) is 0.684. The van der Waals surface area contributed by atoms with Crippen LogP contribution in [0.15, 0.2) is 0 Å². The van der Waals surface area contributed by atoms with Crippen molar-refractivity contribution in [2.75, 3.05) is 13.1 Å². The highest BCUT2D eigenvalue weighted by Crippen LogP contribution is 2.25. The van der Waals surface area contributed by atoms with Crippen molar-refractivity contribution in [2.45, 2.75) is 57.7 Å². The number of ether oxygens (including phenoxy) is 1. The molecular weight excluding hydrogens is 204 g/mol. The van der Waals surface area contributed by atoms with Crippen molar-refractivity contribution in [3.05, 3.63) is 0 Å². The standard InChI is InChI=1S/C12H22N2O2/c1-12(2,3)16-11(15)14-8-4-5-9-10(14)6-7-13-9/h9-10,13H,4-8H2,1-3H3. The fraction of sp³-hybridized carbons (Fsp3) is 0.917. The minimum Gasteiger partial charge on any atom is -0.444 e. The molecule has 0 saturated carbocycles. The van der Waals surface area contributed by atoms with Crippen molar-refractivity contribution in [3.8, 4) is 0 Å². The Morgan fingerprint density at radius 2 is 2.12 bits per heavy atom. The second-order valence-corrected chi connectivity index (χ2v) is 5.73. The summed E-state index contributed by atoms with van der Waals surface area (Å²) in [5, 5.41) is 3.46. The summed E-state index contributed by atoms with van der Waals surface area (Å²) in [6.07, 6.45) is 3.17. The van der Waals surface area contributed by atoms with Gasteiger partial charge in [0, 0.05) is 12.6 Å². The third-order valence-electron chi connectivity index (χ3n) is 3.25. The van der Waals surface area contributed by atoms with Crippen LogP contribution < -0.4 is 5.32 Å². The van der Waals surface area contributed by atoms with Gasteiger partial charge in [-0.1, -0.05) is 0 Å². The molecule has 2 fully saturated rings. The fourth-order valence-corrected chi connectivity index (χ4v) is 2.62. The lowest BCUT2D eigenvalue weighted by atomic mass is 9.98. The number of carbonyl (C=O) groups is 1. The van der Waals surface area contributed by atoms with Gasteiger partial charge < -0.3 is 15.0 Å². The van der Waals surface area contributed by atoms with Gasteiger partial charge in [-0.05, 0) is 46.6 Å². The number of fused-ring (bicyclic) bond motifs is 1. The number of nitrogens with one attached hydrogen (secondary N) is 1. The van der Waals surface area contributed by atoms with Crippen LogP contribution in [-0.2, 0) is 4.74 Å². The third kappa shape index (κ3) is 2.48. The van der Waals surface area contributed by atoms with E-state index in [1.807, 2.05) is 25.7 Å². The molecule has 2 rings (SSSR count). The third-order valence-corrected chi connectivity index (χ3v) is 3.25. The molecule has 16 heavy (non-hydrogen) atoms. The van der Waals surface area contributed by atoms with Gasteiger partial charge in [0.05, 0.1) is 6.04 Å². The molecule has 2 atom stereocenters. The van der Waals surface area contributed by atoms with Crippen LogP contribution in [0.25, 0.3) is 0 Å². The van der Waals surface area contributed by atoms with E-state index in [4.69, 9.17) is 4.74 Å². The molecule has 2 heterocycles. The first kappa shape index (κ1) is 11.7. The van der Waals surface area contributed by atoms with Crippen molar-refractivity contribution in [2.24, 2.45) is 0 Å². The predicted molar refractivity (Wildman–Crippen MR) is 62.4 cm³/mol. The highest BCUT2D eigenvalue weighted by Gasteiger charge is 2.38. The SMILES string of the molecule is CC(C)(C)OC(=O)N1CCCC2NCCC21. The summed E-state index contributed by atoms with van der Waals surface area (Å²) in [6.45, 7) is 7.62. The molecule has 0 bridgehead atoms. The molecule has 1 amide bonds. The summed E-state index contributed by atoms with van der Waals surface area (Å²) in [4.78, 5) is 13.9. The Hall–Kier alpha value is -0.770. The van der Waals surface area contributed by atoms with E-state index in [1.165, 1.54) is 6.42 Å². The number of piperidine rings is 1. The normalized spacial score (nSPS) is 30.1. The zero-order valence-corrected chi connectivity index (χ0v) is 10.5. The molecule has 0 aromatic heterocycles. The van der Waals surface area contributed by atoms with Crippen LogP contribution in [-0.4, -0.2) is 41.8 Å². The predicted octanol–water partition coefficient (Wildman–Crippen LogP) is 1.75. The highest BCUT2D eigenvalue weighted by atomic mass is 16.6. The molecule has 0 aromatic carbocycles. The number of hydrogen-bond acceptors (Lipinski definition) is 3. The van der Waals surface area contributed by atoms with Crippen LogP contribution in [0.1, 0.15) is 40.0 Å². The molecule has 2 aliphatic heterocycles. The van der Waals surface area contributed by atoms with Crippen molar-refractivity contribution >= 4 is 6.09 Å². The first-order chi connectivity index (χ1) is 7.47. The Morgan fingerprint density at radius 3 is 2.81 bits per heavy atom. The summed E-state index contributed by atoms with van der Waals surface area (Å²) in [6, 6.07) is 0.838. The maximum absolute atomic E-state index is 12.0. The zero-order chi connectivity index (χ0) is 11.8. The molecule has 0 spiro atoms. The summed E-state index contributed by atoms with van der Waals surface area (Å²) < 4.78 is 5.44. The van der Waals surface area contributed by atoms with E-state index in [1.54, 1.807) is 0 Å². The van der Waals surface area contributed by atoms with Gasteiger partial charge in [0.2, 0.25) is 0 Å². The summed E-state index contributed by atoms with van der Waals surface area (Å²) in [5.41, 5.74) is -0.393. The Kier molecular flexibility index (Phi) is 3.10. The number of hydrogen-bond donors (Lipinski definition) is 1. The van der Waals surface area contributed by atoms with Gasteiger partial charge in [-0.15, -0.1) is 0 Å². The maximum atomic E-state index is 12.0. The molecular formula is C12H22N2O2. The van der Waals surface area contributed by atoms with Crippen LogP contribution in [0.3, 0.4) is 0 Å².